The number of hydrogen-bond donors (Lipinski definition) is 2. The molecule has 0 aliphatic heterocycles. The second-order valence-electron chi connectivity index (χ2n) is 1.87. The van der Waals surface area contributed by atoms with Crippen molar-refractivity contribution in [3.05, 3.63) is 12.2 Å². The van der Waals surface area contributed by atoms with Crippen molar-refractivity contribution in [3.63, 3.8) is 0 Å². The minimum Gasteiger partial charge on any atom is -0.478 e. The molecule has 0 amide bonds. The zero-order chi connectivity index (χ0) is 8.15. The highest BCUT2D eigenvalue weighted by Crippen LogP contribution is 2.04. The fraction of sp³-hybridized carbons (Fsp3) is 0.500. The van der Waals surface area contributed by atoms with E-state index in [1.54, 1.807) is 6.92 Å². The summed E-state index contributed by atoms with van der Waals surface area (Å²) in [5.74, 6) is -1.05. The van der Waals surface area contributed by atoms with Crippen LogP contribution in [0.4, 0.5) is 0 Å². The minimum absolute atomic E-state index is 0.122. The summed E-state index contributed by atoms with van der Waals surface area (Å²) in [6.07, 6.45) is 1.40. The number of alkyl halides is 1. The molecular formula is C6H9BrO3. The predicted molar refractivity (Wildman–Crippen MR) is 41.2 cm³/mol. The van der Waals surface area contributed by atoms with E-state index < -0.39 is 12.1 Å². The summed E-state index contributed by atoms with van der Waals surface area (Å²) in [5.41, 5.74) is 0. The minimum atomic E-state index is -1.05. The second-order valence-corrected chi connectivity index (χ2v) is 3.31. The standard InChI is InChI=1S/C6H9BrO3/c1-4(7)5(8)2-3-6(9)10/h2-5,8H,1H3,(H,9,10)/b3-2+/t4-,5-/m1/s1. The van der Waals surface area contributed by atoms with Crippen LogP contribution in [0.1, 0.15) is 6.92 Å². The molecule has 0 aromatic carbocycles. The van der Waals surface area contributed by atoms with E-state index in [-0.39, 0.29) is 4.83 Å². The van der Waals surface area contributed by atoms with Gasteiger partial charge in [0.25, 0.3) is 0 Å². The average molecular weight is 209 g/mol. The second kappa shape index (κ2) is 4.46. The van der Waals surface area contributed by atoms with Crippen LogP contribution in [0, 0.1) is 0 Å². The largest absolute Gasteiger partial charge is 0.478 e. The Morgan fingerprint density at radius 3 is 2.50 bits per heavy atom. The molecule has 0 bridgehead atoms. The van der Waals surface area contributed by atoms with Gasteiger partial charge in [-0.05, 0) is 13.0 Å². The van der Waals surface area contributed by atoms with Crippen molar-refractivity contribution in [1.82, 2.24) is 0 Å². The van der Waals surface area contributed by atoms with Gasteiger partial charge < -0.3 is 10.2 Å². The molecular weight excluding hydrogens is 200 g/mol. The van der Waals surface area contributed by atoms with Crippen molar-refractivity contribution in [1.29, 1.82) is 0 Å². The van der Waals surface area contributed by atoms with E-state index in [4.69, 9.17) is 10.2 Å². The maximum atomic E-state index is 9.91. The molecule has 0 aliphatic rings. The predicted octanol–water partition coefficient (Wildman–Crippen LogP) is 0.771. The van der Waals surface area contributed by atoms with E-state index in [0.29, 0.717) is 0 Å². The topological polar surface area (TPSA) is 57.5 Å². The van der Waals surface area contributed by atoms with Crippen LogP contribution < -0.4 is 0 Å². The molecule has 0 spiro atoms. The van der Waals surface area contributed by atoms with Gasteiger partial charge in [-0.25, -0.2) is 4.79 Å². The third kappa shape index (κ3) is 4.52. The van der Waals surface area contributed by atoms with Crippen LogP contribution in [0.25, 0.3) is 0 Å². The van der Waals surface area contributed by atoms with Crippen molar-refractivity contribution < 1.29 is 15.0 Å². The van der Waals surface area contributed by atoms with Gasteiger partial charge in [0, 0.05) is 10.9 Å². The molecule has 10 heavy (non-hydrogen) atoms. The van der Waals surface area contributed by atoms with Gasteiger partial charge in [0.1, 0.15) is 0 Å². The van der Waals surface area contributed by atoms with Gasteiger partial charge in [0.15, 0.2) is 0 Å². The van der Waals surface area contributed by atoms with Gasteiger partial charge in [-0.3, -0.25) is 0 Å². The number of carbonyl (C=O) groups is 1. The molecule has 0 unspecified atom stereocenters. The zero-order valence-electron chi connectivity index (χ0n) is 5.49. The van der Waals surface area contributed by atoms with Crippen LogP contribution in [0.3, 0.4) is 0 Å². The quantitative estimate of drug-likeness (QED) is 0.533. The fourth-order valence-electron chi connectivity index (χ4n) is 0.334. The monoisotopic (exact) mass is 208 g/mol. The molecule has 0 heterocycles. The van der Waals surface area contributed by atoms with E-state index in [1.807, 2.05) is 0 Å². The van der Waals surface area contributed by atoms with Gasteiger partial charge in [-0.1, -0.05) is 15.9 Å². The molecule has 4 heteroatoms. The Morgan fingerprint density at radius 1 is 1.70 bits per heavy atom. The number of aliphatic carboxylic acids is 1. The van der Waals surface area contributed by atoms with Crippen LogP contribution in [-0.4, -0.2) is 27.1 Å². The maximum absolute atomic E-state index is 9.91. The Labute approximate surface area is 67.5 Å². The summed E-state index contributed by atoms with van der Waals surface area (Å²) in [6, 6.07) is 0. The van der Waals surface area contributed by atoms with E-state index in [2.05, 4.69) is 15.9 Å². The third-order valence-electron chi connectivity index (χ3n) is 0.907. The molecule has 2 atom stereocenters. The Hall–Kier alpha value is -0.350. The van der Waals surface area contributed by atoms with Gasteiger partial charge in [0.05, 0.1) is 6.10 Å². The fourth-order valence-corrected chi connectivity index (χ4v) is 0.510. The lowest BCUT2D eigenvalue weighted by atomic mass is 10.2. The zero-order valence-corrected chi connectivity index (χ0v) is 7.08. The molecule has 58 valence electrons. The lowest BCUT2D eigenvalue weighted by Gasteiger charge is -2.05. The number of aliphatic hydroxyl groups excluding tert-OH is 1. The van der Waals surface area contributed by atoms with Crippen molar-refractivity contribution in [3.8, 4) is 0 Å². The van der Waals surface area contributed by atoms with Crippen LogP contribution in [0.2, 0.25) is 0 Å². The molecule has 0 rings (SSSR count). The Balaban J connectivity index is 3.77. The number of hydrogen-bond acceptors (Lipinski definition) is 2. The highest BCUT2D eigenvalue weighted by atomic mass is 79.9. The molecule has 2 N–H and O–H groups in total. The van der Waals surface area contributed by atoms with E-state index in [9.17, 15) is 4.79 Å². The number of carboxylic acid groups (broad SMARTS) is 1. The van der Waals surface area contributed by atoms with Crippen LogP contribution >= 0.6 is 15.9 Å². The van der Waals surface area contributed by atoms with Crippen molar-refractivity contribution in [2.45, 2.75) is 17.9 Å². The lowest BCUT2D eigenvalue weighted by Crippen LogP contribution is -2.13. The normalized spacial score (nSPS) is 17.1. The number of rotatable bonds is 3. The molecule has 0 aromatic heterocycles. The molecule has 0 saturated carbocycles. The van der Waals surface area contributed by atoms with Crippen LogP contribution in [0.5, 0.6) is 0 Å². The molecule has 0 aliphatic carbocycles. The molecule has 0 aromatic rings. The first-order valence-corrected chi connectivity index (χ1v) is 3.69. The van der Waals surface area contributed by atoms with Gasteiger partial charge >= 0.3 is 5.97 Å². The smallest absolute Gasteiger partial charge is 0.328 e. The highest BCUT2D eigenvalue weighted by Gasteiger charge is 2.05. The van der Waals surface area contributed by atoms with Crippen LogP contribution in [0.15, 0.2) is 12.2 Å². The molecule has 3 nitrogen and oxygen atoms in total. The highest BCUT2D eigenvalue weighted by molar-refractivity contribution is 9.09. The lowest BCUT2D eigenvalue weighted by molar-refractivity contribution is -0.131. The summed E-state index contributed by atoms with van der Waals surface area (Å²) >= 11 is 3.10. The number of halogens is 1. The average Bonchev–Trinajstić information content (AvgIpc) is 1.82. The SMILES string of the molecule is C[C@@H](Br)[C@H](O)/C=C/C(=O)O. The van der Waals surface area contributed by atoms with Gasteiger partial charge in [0.2, 0.25) is 0 Å². The van der Waals surface area contributed by atoms with Gasteiger partial charge in [-0.2, -0.15) is 0 Å². The van der Waals surface area contributed by atoms with Crippen molar-refractivity contribution in [2.24, 2.45) is 0 Å². The molecule has 0 saturated heterocycles. The summed E-state index contributed by atoms with van der Waals surface area (Å²) in [6.45, 7) is 1.73. The first-order valence-electron chi connectivity index (χ1n) is 2.77. The molecule has 0 fully saturated rings. The van der Waals surface area contributed by atoms with E-state index >= 15 is 0 Å². The summed E-state index contributed by atoms with van der Waals surface area (Å²) in [4.78, 5) is 9.79. The Kier molecular flexibility index (Phi) is 4.31. The summed E-state index contributed by atoms with van der Waals surface area (Å²) in [7, 11) is 0. The Morgan fingerprint density at radius 2 is 2.20 bits per heavy atom. The van der Waals surface area contributed by atoms with Crippen molar-refractivity contribution in [2.75, 3.05) is 0 Å². The van der Waals surface area contributed by atoms with E-state index in [0.717, 1.165) is 6.08 Å². The summed E-state index contributed by atoms with van der Waals surface area (Å²) < 4.78 is 0. The third-order valence-corrected chi connectivity index (χ3v) is 1.45. The summed E-state index contributed by atoms with van der Waals surface area (Å²) in [5, 5.41) is 17.1. The number of aliphatic hydroxyl groups is 1. The van der Waals surface area contributed by atoms with Gasteiger partial charge in [-0.15, -0.1) is 0 Å². The molecule has 0 radical (unpaired) electrons. The maximum Gasteiger partial charge on any atom is 0.328 e. The van der Waals surface area contributed by atoms with Crippen molar-refractivity contribution >= 4 is 21.9 Å². The first kappa shape index (κ1) is 9.65. The first-order chi connectivity index (χ1) is 4.54. The number of carboxylic acids is 1. The Bertz CT molecular complexity index is 142. The van der Waals surface area contributed by atoms with Crippen LogP contribution in [-0.2, 0) is 4.79 Å². The van der Waals surface area contributed by atoms with E-state index in [1.165, 1.54) is 6.08 Å².